The summed E-state index contributed by atoms with van der Waals surface area (Å²) in [4.78, 5) is 16.2. The number of amides is 1. The van der Waals surface area contributed by atoms with E-state index in [9.17, 15) is 4.79 Å². The van der Waals surface area contributed by atoms with Crippen LogP contribution in [0, 0.1) is 28.6 Å². The van der Waals surface area contributed by atoms with E-state index in [0.29, 0.717) is 23.7 Å². The van der Waals surface area contributed by atoms with Crippen molar-refractivity contribution in [2.24, 2.45) is 34.3 Å². The molecule has 3 nitrogen and oxygen atoms in total. The van der Waals surface area contributed by atoms with Gasteiger partial charge in [0.1, 0.15) is 0 Å². The SMILES string of the molecule is CC1(C)CN(C(=O)C23CC4CC(c5ccccc5)(CC(C2)C4CCl)C3)CC[C@@H]1N. The zero-order chi connectivity index (χ0) is 20.4. The van der Waals surface area contributed by atoms with Gasteiger partial charge in [-0.1, -0.05) is 44.2 Å². The number of piperidine rings is 1. The second-order valence-corrected chi connectivity index (χ2v) is 11.7. The Labute approximate surface area is 180 Å². The Morgan fingerprint density at radius 3 is 2.38 bits per heavy atom. The lowest BCUT2D eigenvalue weighted by Gasteiger charge is -2.65. The van der Waals surface area contributed by atoms with Gasteiger partial charge in [-0.15, -0.1) is 11.6 Å². The molecule has 1 amide bonds. The molecule has 5 aliphatic rings. The molecule has 4 bridgehead atoms. The molecule has 1 aromatic carbocycles. The number of alkyl halides is 1. The van der Waals surface area contributed by atoms with Crippen molar-refractivity contribution >= 4 is 17.5 Å². The van der Waals surface area contributed by atoms with Crippen molar-refractivity contribution in [1.29, 1.82) is 0 Å². The summed E-state index contributed by atoms with van der Waals surface area (Å²) >= 11 is 6.45. The minimum absolute atomic E-state index is 0.00794. The number of hydrogen-bond acceptors (Lipinski definition) is 2. The normalized spacial score (nSPS) is 42.8. The van der Waals surface area contributed by atoms with Gasteiger partial charge in [-0.05, 0) is 72.7 Å². The number of nitrogens with two attached hydrogens (primary N) is 1. The van der Waals surface area contributed by atoms with E-state index in [0.717, 1.165) is 44.7 Å². The Morgan fingerprint density at radius 1 is 1.14 bits per heavy atom. The first-order valence-corrected chi connectivity index (χ1v) is 12.0. The lowest BCUT2D eigenvalue weighted by atomic mass is 9.40. The Kier molecular flexibility index (Phi) is 4.61. The number of likely N-dealkylation sites (tertiary alicyclic amines) is 1. The molecule has 4 saturated carbocycles. The summed E-state index contributed by atoms with van der Waals surface area (Å²) in [5.41, 5.74) is 7.77. The van der Waals surface area contributed by atoms with Crippen LogP contribution in [0.5, 0.6) is 0 Å². The molecule has 1 heterocycles. The highest BCUT2D eigenvalue weighted by molar-refractivity contribution is 6.18. The van der Waals surface area contributed by atoms with Gasteiger partial charge >= 0.3 is 0 Å². The van der Waals surface area contributed by atoms with Gasteiger partial charge in [0.25, 0.3) is 0 Å². The van der Waals surface area contributed by atoms with Gasteiger partial charge in [0.15, 0.2) is 0 Å². The van der Waals surface area contributed by atoms with Gasteiger partial charge in [0.2, 0.25) is 5.91 Å². The Balaban J connectivity index is 1.49. The molecule has 5 fully saturated rings. The number of hydrogen-bond donors (Lipinski definition) is 1. The molecule has 1 saturated heterocycles. The molecular weight excluding hydrogens is 380 g/mol. The summed E-state index contributed by atoms with van der Waals surface area (Å²) in [5, 5.41) is 0. The molecule has 0 aromatic heterocycles. The molecule has 2 N–H and O–H groups in total. The lowest BCUT2D eigenvalue weighted by Crippen LogP contribution is -2.64. The lowest BCUT2D eigenvalue weighted by molar-refractivity contribution is -0.169. The molecule has 1 aromatic rings. The number of nitrogens with zero attached hydrogens (tertiary/aromatic N) is 1. The molecule has 6 rings (SSSR count). The number of carbonyl (C=O) groups is 1. The molecular formula is C25H35ClN2O. The fourth-order valence-corrected chi connectivity index (χ4v) is 8.26. The number of halogens is 1. The second-order valence-electron chi connectivity index (χ2n) is 11.4. The van der Waals surface area contributed by atoms with Crippen LogP contribution in [0.3, 0.4) is 0 Å². The van der Waals surface area contributed by atoms with Crippen LogP contribution in [0.1, 0.15) is 57.9 Å². The van der Waals surface area contributed by atoms with Crippen LogP contribution in [0.15, 0.2) is 30.3 Å². The van der Waals surface area contributed by atoms with Gasteiger partial charge in [0, 0.05) is 25.0 Å². The predicted molar refractivity (Wildman–Crippen MR) is 118 cm³/mol. The van der Waals surface area contributed by atoms with Crippen molar-refractivity contribution in [3.63, 3.8) is 0 Å². The molecule has 0 spiro atoms. The van der Waals surface area contributed by atoms with Crippen LogP contribution in [-0.2, 0) is 10.2 Å². The molecule has 0 radical (unpaired) electrons. The van der Waals surface area contributed by atoms with Crippen LogP contribution in [0.25, 0.3) is 0 Å². The Bertz CT molecular complexity index is 775. The van der Waals surface area contributed by atoms with E-state index in [4.69, 9.17) is 17.3 Å². The minimum atomic E-state index is -0.193. The van der Waals surface area contributed by atoms with E-state index in [1.807, 2.05) is 0 Å². The fraction of sp³-hybridized carbons (Fsp3) is 0.720. The van der Waals surface area contributed by atoms with Crippen molar-refractivity contribution in [1.82, 2.24) is 4.90 Å². The predicted octanol–water partition coefficient (Wildman–Crippen LogP) is 4.58. The first kappa shape index (κ1) is 19.9. The maximum Gasteiger partial charge on any atom is 0.228 e. The molecule has 4 heteroatoms. The molecule has 2 unspecified atom stereocenters. The van der Waals surface area contributed by atoms with Gasteiger partial charge in [-0.3, -0.25) is 4.79 Å². The maximum atomic E-state index is 14.1. The molecule has 4 aliphatic carbocycles. The van der Waals surface area contributed by atoms with E-state index < -0.39 is 0 Å². The van der Waals surface area contributed by atoms with Crippen LogP contribution in [-0.4, -0.2) is 35.8 Å². The van der Waals surface area contributed by atoms with E-state index in [2.05, 4.69) is 49.1 Å². The van der Waals surface area contributed by atoms with Crippen molar-refractivity contribution in [3.8, 4) is 0 Å². The zero-order valence-electron chi connectivity index (χ0n) is 17.9. The first-order valence-electron chi connectivity index (χ1n) is 11.5. The number of benzene rings is 1. The molecule has 1 aliphatic heterocycles. The second kappa shape index (κ2) is 6.72. The van der Waals surface area contributed by atoms with Crippen LogP contribution in [0.4, 0.5) is 0 Å². The van der Waals surface area contributed by atoms with E-state index in [1.165, 1.54) is 18.4 Å². The van der Waals surface area contributed by atoms with E-state index in [-0.39, 0.29) is 22.3 Å². The fourth-order valence-electron chi connectivity index (χ4n) is 7.76. The van der Waals surface area contributed by atoms with Crippen molar-refractivity contribution < 1.29 is 4.79 Å². The van der Waals surface area contributed by atoms with E-state index in [1.54, 1.807) is 0 Å². The summed E-state index contributed by atoms with van der Waals surface area (Å²) in [6.07, 6.45) is 6.42. The molecule has 158 valence electrons. The third kappa shape index (κ3) is 2.98. The highest BCUT2D eigenvalue weighted by atomic mass is 35.5. The summed E-state index contributed by atoms with van der Waals surface area (Å²) in [5.74, 6) is 2.91. The number of rotatable bonds is 3. The summed E-state index contributed by atoms with van der Waals surface area (Å²) in [6, 6.07) is 11.2. The average molecular weight is 415 g/mol. The quantitative estimate of drug-likeness (QED) is 0.736. The van der Waals surface area contributed by atoms with Gasteiger partial charge in [-0.2, -0.15) is 0 Å². The summed E-state index contributed by atoms with van der Waals surface area (Å²) < 4.78 is 0. The maximum absolute atomic E-state index is 14.1. The number of carbonyl (C=O) groups excluding carboxylic acids is 1. The monoisotopic (exact) mass is 414 g/mol. The Hall–Kier alpha value is -1.06. The summed E-state index contributed by atoms with van der Waals surface area (Å²) in [7, 11) is 0. The van der Waals surface area contributed by atoms with Gasteiger partial charge in [-0.25, -0.2) is 0 Å². The standard InChI is InChI=1S/C25H35ClN2O/c1-23(2)16-28(9-8-21(23)27)22(29)25-12-17-10-24(15-25,19-6-4-3-5-7-19)11-18(13-25)20(17)14-26/h3-7,17-18,20-21H,8-16,27H2,1-2H3/t17?,18?,20?,21-,24?,25?/m0/s1. The largest absolute Gasteiger partial charge is 0.342 e. The Morgan fingerprint density at radius 2 is 1.79 bits per heavy atom. The average Bonchev–Trinajstić information content (AvgIpc) is 2.70. The van der Waals surface area contributed by atoms with E-state index >= 15 is 0 Å². The molecule has 3 atom stereocenters. The highest BCUT2D eigenvalue weighted by Gasteiger charge is 2.64. The van der Waals surface area contributed by atoms with Crippen LogP contribution in [0.2, 0.25) is 0 Å². The van der Waals surface area contributed by atoms with Crippen molar-refractivity contribution in [2.45, 2.75) is 63.8 Å². The third-order valence-corrected chi connectivity index (χ3v) is 9.47. The smallest absolute Gasteiger partial charge is 0.228 e. The molecule has 29 heavy (non-hydrogen) atoms. The van der Waals surface area contributed by atoms with Crippen LogP contribution < -0.4 is 5.73 Å². The third-order valence-electron chi connectivity index (χ3n) is 9.12. The highest BCUT2D eigenvalue weighted by Crippen LogP contribution is 2.68. The zero-order valence-corrected chi connectivity index (χ0v) is 18.6. The van der Waals surface area contributed by atoms with Crippen molar-refractivity contribution in [2.75, 3.05) is 19.0 Å². The minimum Gasteiger partial charge on any atom is -0.342 e. The first-order chi connectivity index (χ1) is 13.8. The van der Waals surface area contributed by atoms with Gasteiger partial charge in [0.05, 0.1) is 5.41 Å². The summed E-state index contributed by atoms with van der Waals surface area (Å²) in [6.45, 7) is 6.04. The van der Waals surface area contributed by atoms with Crippen molar-refractivity contribution in [3.05, 3.63) is 35.9 Å². The van der Waals surface area contributed by atoms with Gasteiger partial charge < -0.3 is 10.6 Å². The topological polar surface area (TPSA) is 46.3 Å². The van der Waals surface area contributed by atoms with Crippen LogP contribution >= 0.6 is 11.6 Å².